The highest BCUT2D eigenvalue weighted by atomic mass is 19.1. The summed E-state index contributed by atoms with van der Waals surface area (Å²) >= 11 is 0. The lowest BCUT2D eigenvalue weighted by molar-refractivity contribution is 0.328. The smallest absolute Gasteiger partial charge is 0.328 e. The first-order valence-electron chi connectivity index (χ1n) is 7.41. The summed E-state index contributed by atoms with van der Waals surface area (Å²) in [5.74, 6) is 0. The van der Waals surface area contributed by atoms with Crippen molar-refractivity contribution >= 4 is 11.2 Å². The number of nitrogens with zero attached hydrogens (tertiary/aromatic N) is 4. The molecule has 0 saturated carbocycles. The van der Waals surface area contributed by atoms with Crippen LogP contribution in [0.15, 0.2) is 15.9 Å². The number of alkyl halides is 1. The molecule has 7 heteroatoms. The summed E-state index contributed by atoms with van der Waals surface area (Å²) in [6.07, 6.45) is -1.99. The number of hydrogen-bond acceptors (Lipinski definition) is 3. The van der Waals surface area contributed by atoms with Crippen molar-refractivity contribution in [2.24, 2.45) is 14.1 Å². The zero-order chi connectivity index (χ0) is 16.7. The number of halogens is 1. The second-order valence-corrected chi connectivity index (χ2v) is 4.75. The van der Waals surface area contributed by atoms with Gasteiger partial charge in [0.1, 0.15) is 0 Å². The maximum Gasteiger partial charge on any atom is 0.332 e. The fraction of sp³-hybridized carbons (Fsp3) is 0.615. The molecule has 0 saturated heterocycles. The van der Waals surface area contributed by atoms with Crippen molar-refractivity contribution in [2.45, 2.75) is 38.9 Å². The molecular weight excluding hydrogens is 263 g/mol. The van der Waals surface area contributed by atoms with E-state index < -0.39 is 23.8 Å². The summed E-state index contributed by atoms with van der Waals surface area (Å²) in [6.45, 7) is 1.20. The number of imidazole rings is 1. The van der Waals surface area contributed by atoms with E-state index in [0.29, 0.717) is 11.2 Å². The molecular formula is C13H19FN4O2. The molecule has 2 heterocycles. The monoisotopic (exact) mass is 284 g/mol. The largest absolute Gasteiger partial charge is 0.332 e. The minimum Gasteiger partial charge on any atom is -0.328 e. The van der Waals surface area contributed by atoms with Gasteiger partial charge in [0.05, 0.1) is 12.5 Å². The minimum absolute atomic E-state index is 0.0405. The normalized spacial score (nSPS) is 15.2. The molecule has 110 valence electrons. The van der Waals surface area contributed by atoms with Crippen molar-refractivity contribution in [3.63, 3.8) is 0 Å². The van der Waals surface area contributed by atoms with Gasteiger partial charge in [0.15, 0.2) is 11.2 Å². The summed E-state index contributed by atoms with van der Waals surface area (Å²) in [5.41, 5.74) is -0.359. The number of aromatic nitrogens is 4. The van der Waals surface area contributed by atoms with E-state index in [4.69, 9.17) is 2.74 Å². The van der Waals surface area contributed by atoms with E-state index in [2.05, 4.69) is 4.98 Å². The highest BCUT2D eigenvalue weighted by Crippen LogP contribution is 2.06. The molecule has 2 rings (SSSR count). The predicted octanol–water partition coefficient (Wildman–Crippen LogP) is 0.962. The third-order valence-electron chi connectivity index (χ3n) is 3.19. The molecule has 0 aliphatic rings. The van der Waals surface area contributed by atoms with Crippen molar-refractivity contribution in [1.82, 2.24) is 18.7 Å². The van der Waals surface area contributed by atoms with Crippen molar-refractivity contribution < 1.29 is 7.13 Å². The molecule has 0 unspecified atom stereocenters. The van der Waals surface area contributed by atoms with E-state index in [0.717, 1.165) is 11.5 Å². The van der Waals surface area contributed by atoms with Crippen LogP contribution in [0, 0.1) is 0 Å². The Hall–Kier alpha value is -1.92. The summed E-state index contributed by atoms with van der Waals surface area (Å²) in [7, 11) is 3.19. The van der Waals surface area contributed by atoms with Crippen LogP contribution >= 0.6 is 0 Å². The predicted molar refractivity (Wildman–Crippen MR) is 74.6 cm³/mol. The van der Waals surface area contributed by atoms with Crippen LogP contribution in [0.5, 0.6) is 0 Å². The first-order chi connectivity index (χ1) is 10.2. The van der Waals surface area contributed by atoms with Gasteiger partial charge in [-0.1, -0.05) is 0 Å². The van der Waals surface area contributed by atoms with Gasteiger partial charge in [-0.2, -0.15) is 0 Å². The third kappa shape index (κ3) is 2.52. The van der Waals surface area contributed by atoms with Gasteiger partial charge in [0, 0.05) is 23.4 Å². The minimum atomic E-state index is -1.97. The Bertz CT molecular complexity index is 807. The highest BCUT2D eigenvalue weighted by Gasteiger charge is 2.14. The average Bonchev–Trinajstić information content (AvgIpc) is 2.82. The van der Waals surface area contributed by atoms with Crippen molar-refractivity contribution in [3.05, 3.63) is 27.2 Å². The number of hydrogen-bond donors (Lipinski definition) is 0. The lowest BCUT2D eigenvalue weighted by Gasteiger charge is -2.08. The van der Waals surface area contributed by atoms with Gasteiger partial charge in [-0.05, 0) is 26.1 Å². The molecule has 6 nitrogen and oxygen atoms in total. The van der Waals surface area contributed by atoms with Crippen molar-refractivity contribution in [1.29, 1.82) is 0 Å². The second kappa shape index (κ2) is 5.60. The van der Waals surface area contributed by atoms with Gasteiger partial charge >= 0.3 is 5.69 Å². The van der Waals surface area contributed by atoms with E-state index in [1.165, 1.54) is 22.5 Å². The fourth-order valence-corrected chi connectivity index (χ4v) is 2.13. The molecule has 0 amide bonds. The maximum atomic E-state index is 13.1. The van der Waals surface area contributed by atoms with Gasteiger partial charge in [-0.15, -0.1) is 0 Å². The third-order valence-corrected chi connectivity index (χ3v) is 3.19. The summed E-state index contributed by atoms with van der Waals surface area (Å²) in [6, 6.07) is 0. The topological polar surface area (TPSA) is 61.8 Å². The van der Waals surface area contributed by atoms with Crippen molar-refractivity contribution in [3.8, 4) is 0 Å². The molecule has 2 aromatic rings. The van der Waals surface area contributed by atoms with Crippen LogP contribution in [0.4, 0.5) is 4.39 Å². The molecule has 0 bridgehead atoms. The Morgan fingerprint density at radius 3 is 2.75 bits per heavy atom. The van der Waals surface area contributed by atoms with E-state index in [9.17, 15) is 14.0 Å². The number of rotatable bonds is 5. The molecule has 0 aromatic carbocycles. The van der Waals surface area contributed by atoms with Crippen LogP contribution in [-0.2, 0) is 20.6 Å². The average molecular weight is 284 g/mol. The van der Waals surface area contributed by atoms with E-state index in [-0.39, 0.29) is 19.4 Å². The summed E-state index contributed by atoms with van der Waals surface area (Å²) < 4.78 is 32.1. The van der Waals surface area contributed by atoms with Crippen LogP contribution in [0.1, 0.15) is 28.9 Å². The molecule has 0 aliphatic carbocycles. The van der Waals surface area contributed by atoms with Crippen LogP contribution < -0.4 is 11.2 Å². The molecule has 0 aliphatic heterocycles. The van der Waals surface area contributed by atoms with Crippen LogP contribution in [0.2, 0.25) is 0 Å². The van der Waals surface area contributed by atoms with Gasteiger partial charge in [-0.25, -0.2) is 14.2 Å². The molecule has 0 N–H and O–H groups in total. The zero-order valence-electron chi connectivity index (χ0n) is 13.8. The van der Waals surface area contributed by atoms with Gasteiger partial charge in [0.25, 0.3) is 5.56 Å². The van der Waals surface area contributed by atoms with Gasteiger partial charge < -0.3 is 4.57 Å². The maximum absolute atomic E-state index is 13.1. The summed E-state index contributed by atoms with van der Waals surface area (Å²) in [4.78, 5) is 28.6. The molecule has 0 spiro atoms. The van der Waals surface area contributed by atoms with E-state index in [1.54, 1.807) is 7.05 Å². The Morgan fingerprint density at radius 2 is 2.10 bits per heavy atom. The zero-order valence-corrected chi connectivity index (χ0v) is 11.8. The van der Waals surface area contributed by atoms with Gasteiger partial charge in [-0.3, -0.25) is 13.9 Å². The van der Waals surface area contributed by atoms with Crippen molar-refractivity contribution in [2.75, 3.05) is 0 Å². The Labute approximate surface area is 118 Å². The first-order valence-corrected chi connectivity index (χ1v) is 6.41. The first kappa shape index (κ1) is 11.9. The fourth-order valence-electron chi connectivity index (χ4n) is 2.13. The second-order valence-electron chi connectivity index (χ2n) is 4.75. The lowest BCUT2D eigenvalue weighted by Crippen LogP contribution is -2.39. The van der Waals surface area contributed by atoms with E-state index >= 15 is 0 Å². The summed E-state index contributed by atoms with van der Waals surface area (Å²) in [5, 5.41) is 0. The molecule has 1 atom stereocenters. The molecule has 2 aromatic heterocycles. The van der Waals surface area contributed by atoms with Crippen LogP contribution in [0.3, 0.4) is 0 Å². The number of fused-ring (bicyclic) bond motifs is 1. The SMILES string of the molecule is [2H]C([2H])(CCCn1c(=O)c2c(ncn2C)n(C)c1=O)[C@@H](C)F. The molecule has 0 radical (unpaired) electrons. The number of aryl methyl sites for hydroxylation is 2. The van der Waals surface area contributed by atoms with Crippen LogP contribution in [0.25, 0.3) is 11.2 Å². The van der Waals surface area contributed by atoms with Gasteiger partial charge in [0.2, 0.25) is 0 Å². The Kier molecular flexibility index (Phi) is 3.32. The quantitative estimate of drug-likeness (QED) is 0.821. The molecule has 0 fully saturated rings. The Morgan fingerprint density at radius 1 is 1.40 bits per heavy atom. The highest BCUT2D eigenvalue weighted by molar-refractivity contribution is 5.69. The Balaban J connectivity index is 2.35. The lowest BCUT2D eigenvalue weighted by atomic mass is 10.2. The molecule has 20 heavy (non-hydrogen) atoms. The standard InChI is InChI=1S/C13H19FN4O2/c1-9(14)6-4-5-7-18-12(19)10-11(15-8-16(10)2)17(3)13(18)20/h8-9H,4-7H2,1-3H3/t9-/m1/s1/i6D2. The van der Waals surface area contributed by atoms with E-state index in [1.807, 2.05) is 0 Å². The van der Waals surface area contributed by atoms with Crippen LogP contribution in [-0.4, -0.2) is 24.9 Å².